The van der Waals surface area contributed by atoms with Crippen molar-refractivity contribution in [1.29, 1.82) is 0 Å². The number of nitrogens with zero attached hydrogens (tertiary/aromatic N) is 3. The lowest BCUT2D eigenvalue weighted by molar-refractivity contribution is -0.118. The van der Waals surface area contributed by atoms with E-state index in [-0.39, 0.29) is 5.78 Å². The van der Waals surface area contributed by atoms with Crippen molar-refractivity contribution in [3.63, 3.8) is 0 Å². The van der Waals surface area contributed by atoms with Crippen LogP contribution in [0.1, 0.15) is 31.0 Å². The van der Waals surface area contributed by atoms with E-state index < -0.39 is 0 Å². The maximum atomic E-state index is 12.1. The highest BCUT2D eigenvalue weighted by molar-refractivity contribution is 8.76. The summed E-state index contributed by atoms with van der Waals surface area (Å²) in [6, 6.07) is 8.26. The molecule has 0 saturated carbocycles. The summed E-state index contributed by atoms with van der Waals surface area (Å²) in [7, 11) is 9.10. The Morgan fingerprint density at radius 3 is 2.72 bits per heavy atom. The summed E-state index contributed by atoms with van der Waals surface area (Å²) in [5.41, 5.74) is 1.85. The maximum absolute atomic E-state index is 12.1. The molecule has 1 aromatic carbocycles. The topological polar surface area (TPSA) is 66.2 Å². The predicted octanol–water partition coefficient (Wildman–Crippen LogP) is 3.33. The van der Waals surface area contributed by atoms with E-state index in [1.165, 1.54) is 4.90 Å². The number of benzene rings is 1. The van der Waals surface area contributed by atoms with E-state index in [1.807, 2.05) is 25.3 Å². The lowest BCUT2D eigenvalue weighted by Crippen LogP contribution is -2.10. The second-order valence-electron chi connectivity index (χ2n) is 6.35. The van der Waals surface area contributed by atoms with Gasteiger partial charge in [-0.25, -0.2) is 4.68 Å². The lowest BCUT2D eigenvalue weighted by atomic mass is 9.97. The quantitative estimate of drug-likeness (QED) is 0.229. The van der Waals surface area contributed by atoms with Crippen LogP contribution in [-0.2, 0) is 33.6 Å². The van der Waals surface area contributed by atoms with Crippen molar-refractivity contribution >= 4 is 35.2 Å². The Morgan fingerprint density at radius 2 is 1.97 bits per heavy atom. The summed E-state index contributed by atoms with van der Waals surface area (Å²) in [4.78, 5) is 13.3. The Bertz CT molecular complexity index is 713. The van der Waals surface area contributed by atoms with Gasteiger partial charge < -0.3 is 9.47 Å². The third kappa shape index (κ3) is 10.3. The average molecular weight is 433 g/mol. The highest BCUT2D eigenvalue weighted by Crippen LogP contribution is 2.31. The predicted molar refractivity (Wildman–Crippen MR) is 119 cm³/mol. The molecule has 0 aliphatic rings. The van der Waals surface area contributed by atoms with Gasteiger partial charge in [-0.15, -0.1) is 5.10 Å². The molecule has 1 aromatic heterocycles. The summed E-state index contributed by atoms with van der Waals surface area (Å²) in [5.74, 6) is 1.13. The van der Waals surface area contributed by atoms with Crippen LogP contribution in [0.15, 0.2) is 35.4 Å². The third-order valence-corrected chi connectivity index (χ3v) is 6.47. The first-order valence-corrected chi connectivity index (χ1v) is 12.2. The fourth-order valence-corrected chi connectivity index (χ4v) is 4.53. The third-order valence-electron chi connectivity index (χ3n) is 4.00. The van der Waals surface area contributed by atoms with Crippen LogP contribution in [0.2, 0.25) is 0 Å². The zero-order valence-electron chi connectivity index (χ0n) is 16.9. The molecule has 1 heterocycles. The molecule has 0 atom stereocenters. The average Bonchev–Trinajstić information content (AvgIpc) is 3.18. The van der Waals surface area contributed by atoms with Gasteiger partial charge in [0.05, 0.1) is 46.3 Å². The monoisotopic (exact) mass is 433 g/mol. The smallest absolute Gasteiger partial charge is 0.139 e. The minimum Gasteiger partial charge on any atom is -0.379 e. The van der Waals surface area contributed by atoms with Gasteiger partial charge in [0.1, 0.15) is 5.78 Å². The number of Topliss-reactive ketones (excluding diaryl/α,β-unsaturated/α-hetero) is 1. The van der Waals surface area contributed by atoms with E-state index in [1.54, 1.807) is 26.3 Å². The van der Waals surface area contributed by atoms with Gasteiger partial charge in [-0.05, 0) is 25.5 Å². The first-order chi connectivity index (χ1) is 14.2. The molecular weight excluding hydrogens is 405 g/mol. The van der Waals surface area contributed by atoms with Crippen LogP contribution in [0.25, 0.3) is 0 Å². The Balaban J connectivity index is 1.54. The summed E-state index contributed by atoms with van der Waals surface area (Å²) < 4.78 is 12.4. The summed E-state index contributed by atoms with van der Waals surface area (Å²) in [6.07, 6.45) is 4.14. The second-order valence-corrected chi connectivity index (χ2v) is 8.84. The molecule has 0 saturated heterocycles. The molecule has 29 heavy (non-hydrogen) atoms. The molecule has 6 nitrogen and oxygen atoms in total. The molecular formula is C20H28BN3O3S2. The number of rotatable bonds is 16. The molecule has 0 fully saturated rings. The lowest BCUT2D eigenvalue weighted by Gasteiger charge is -2.03. The van der Waals surface area contributed by atoms with Crippen molar-refractivity contribution < 1.29 is 14.3 Å². The minimum atomic E-state index is 0.197. The highest BCUT2D eigenvalue weighted by Gasteiger charge is 2.08. The Hall–Kier alpha value is -1.29. The first kappa shape index (κ1) is 24.0. The SMILES string of the molecule is [B]Cc1ccc(SSCCCC(=O)Cc2cn(CCOCCOCC)nn2)cc1. The summed E-state index contributed by atoms with van der Waals surface area (Å²) >= 11 is 0. The second kappa shape index (κ2) is 14.7. The van der Waals surface area contributed by atoms with Crippen LogP contribution in [-0.4, -0.2) is 60.8 Å². The molecule has 2 radical (unpaired) electrons. The number of aromatic nitrogens is 3. The van der Waals surface area contributed by atoms with Crippen LogP contribution in [0.4, 0.5) is 0 Å². The van der Waals surface area contributed by atoms with Gasteiger partial charge in [-0.1, -0.05) is 50.8 Å². The van der Waals surface area contributed by atoms with E-state index in [0.29, 0.717) is 57.8 Å². The standard InChI is InChI=1S/C20H28BN3O3S2/c1-2-26-11-12-27-10-9-24-16-18(22-23-24)14-19(25)4-3-13-28-29-20-7-5-17(15-21)6-8-20/h5-8,16H,2-4,9-15H2,1H3. The van der Waals surface area contributed by atoms with Gasteiger partial charge in [0.2, 0.25) is 0 Å². The van der Waals surface area contributed by atoms with E-state index in [0.717, 1.165) is 17.7 Å². The van der Waals surface area contributed by atoms with Crippen molar-refractivity contribution in [2.75, 3.05) is 32.2 Å². The van der Waals surface area contributed by atoms with Crippen LogP contribution in [0.3, 0.4) is 0 Å². The molecule has 0 aliphatic heterocycles. The van der Waals surface area contributed by atoms with E-state index in [9.17, 15) is 4.79 Å². The Labute approximate surface area is 182 Å². The summed E-state index contributed by atoms with van der Waals surface area (Å²) in [5, 5.41) is 8.12. The number of hydrogen-bond acceptors (Lipinski definition) is 7. The molecule has 0 aliphatic carbocycles. The molecule has 156 valence electrons. The number of carbonyl (C=O) groups excluding carboxylic acids is 1. The minimum absolute atomic E-state index is 0.197. The largest absolute Gasteiger partial charge is 0.379 e. The fourth-order valence-electron chi connectivity index (χ4n) is 2.46. The van der Waals surface area contributed by atoms with Gasteiger partial charge in [0.25, 0.3) is 0 Å². The van der Waals surface area contributed by atoms with Gasteiger partial charge in [0, 0.05) is 29.9 Å². The van der Waals surface area contributed by atoms with Crippen LogP contribution < -0.4 is 0 Å². The molecule has 0 unspecified atom stereocenters. The molecule has 0 amide bonds. The van der Waals surface area contributed by atoms with E-state index >= 15 is 0 Å². The van der Waals surface area contributed by atoms with Gasteiger partial charge >= 0.3 is 0 Å². The number of carbonyl (C=O) groups is 1. The molecule has 0 bridgehead atoms. The molecule has 2 rings (SSSR count). The van der Waals surface area contributed by atoms with Crippen LogP contribution in [0.5, 0.6) is 0 Å². The molecule has 2 aromatic rings. The Morgan fingerprint density at radius 1 is 1.17 bits per heavy atom. The molecule has 0 spiro atoms. The van der Waals surface area contributed by atoms with E-state index in [2.05, 4.69) is 22.4 Å². The van der Waals surface area contributed by atoms with Crippen molar-refractivity contribution in [2.45, 2.75) is 43.9 Å². The zero-order chi connectivity index (χ0) is 20.7. The van der Waals surface area contributed by atoms with Crippen molar-refractivity contribution in [3.05, 3.63) is 41.7 Å². The van der Waals surface area contributed by atoms with Gasteiger partial charge in [0.15, 0.2) is 0 Å². The van der Waals surface area contributed by atoms with Gasteiger partial charge in [-0.2, -0.15) is 0 Å². The van der Waals surface area contributed by atoms with Crippen LogP contribution in [0, 0.1) is 0 Å². The van der Waals surface area contributed by atoms with Crippen LogP contribution >= 0.6 is 21.6 Å². The van der Waals surface area contributed by atoms with Gasteiger partial charge in [-0.3, -0.25) is 4.79 Å². The first-order valence-electron chi connectivity index (χ1n) is 9.86. The number of ether oxygens (including phenoxy) is 2. The molecule has 9 heteroatoms. The summed E-state index contributed by atoms with van der Waals surface area (Å²) in [6.45, 7) is 5.00. The van der Waals surface area contributed by atoms with Crippen molar-refractivity contribution in [2.24, 2.45) is 0 Å². The number of hydrogen-bond donors (Lipinski definition) is 0. The van der Waals surface area contributed by atoms with Crippen molar-refractivity contribution in [3.8, 4) is 0 Å². The fraction of sp³-hybridized carbons (Fsp3) is 0.550. The highest BCUT2D eigenvalue weighted by atomic mass is 33.1. The normalized spacial score (nSPS) is 11.1. The number of ketones is 1. The van der Waals surface area contributed by atoms with E-state index in [4.69, 9.17) is 17.3 Å². The maximum Gasteiger partial charge on any atom is 0.139 e. The zero-order valence-corrected chi connectivity index (χ0v) is 18.6. The Kier molecular flexibility index (Phi) is 12.1. The van der Waals surface area contributed by atoms with Crippen molar-refractivity contribution in [1.82, 2.24) is 15.0 Å². The molecule has 0 N–H and O–H groups in total.